The molecule has 1 aliphatic rings. The summed E-state index contributed by atoms with van der Waals surface area (Å²) in [6, 6.07) is 24.4. The topological polar surface area (TPSA) is 65.8 Å². The van der Waals surface area contributed by atoms with E-state index in [0.29, 0.717) is 35.4 Å². The molecule has 38 heavy (non-hydrogen) atoms. The van der Waals surface area contributed by atoms with Crippen LogP contribution in [-0.2, 0) is 18.3 Å². The lowest BCUT2D eigenvalue weighted by Crippen LogP contribution is -2.37. The van der Waals surface area contributed by atoms with Crippen LogP contribution in [0.15, 0.2) is 78.9 Å². The zero-order valence-corrected chi connectivity index (χ0v) is 22.2. The second-order valence-corrected chi connectivity index (χ2v) is 9.61. The van der Waals surface area contributed by atoms with Crippen LogP contribution < -0.4 is 9.47 Å². The average molecular weight is 532 g/mol. The number of amides is 1. The fraction of sp³-hybridized carbons (Fsp3) is 0.267. The molecule has 8 heteroatoms. The van der Waals surface area contributed by atoms with Gasteiger partial charge in [0.15, 0.2) is 0 Å². The standard InChI is InChI=1S/C30H30ClN3O4/c1-33-30(38-23-16-14-22(36-2)15-17-23)26(28(32-33)21-9-4-3-5-10-21)20-34(19-24-11-8-18-37-24)29(35)25-12-6-7-13-27(25)31/h3-7,9-10,12-17,24H,8,11,18-20H2,1-2H3. The maximum absolute atomic E-state index is 13.9. The number of aromatic nitrogens is 2. The molecule has 1 amide bonds. The number of rotatable bonds is 9. The van der Waals surface area contributed by atoms with Crippen molar-refractivity contribution < 1.29 is 19.0 Å². The van der Waals surface area contributed by atoms with Crippen molar-refractivity contribution in [2.24, 2.45) is 7.05 Å². The second kappa shape index (κ2) is 11.7. The van der Waals surface area contributed by atoms with Gasteiger partial charge >= 0.3 is 0 Å². The van der Waals surface area contributed by atoms with Crippen LogP contribution in [0, 0.1) is 0 Å². The molecule has 7 nitrogen and oxygen atoms in total. The van der Waals surface area contributed by atoms with E-state index in [9.17, 15) is 4.79 Å². The van der Waals surface area contributed by atoms with E-state index < -0.39 is 0 Å². The fourth-order valence-electron chi connectivity index (χ4n) is 4.66. The van der Waals surface area contributed by atoms with Gasteiger partial charge in [-0.15, -0.1) is 0 Å². The number of hydrogen-bond acceptors (Lipinski definition) is 5. The number of hydrogen-bond donors (Lipinski definition) is 0. The largest absolute Gasteiger partial charge is 0.497 e. The molecule has 4 aromatic rings. The quantitative estimate of drug-likeness (QED) is 0.251. The van der Waals surface area contributed by atoms with Gasteiger partial charge in [-0.2, -0.15) is 5.10 Å². The lowest BCUT2D eigenvalue weighted by Gasteiger charge is -2.26. The van der Waals surface area contributed by atoms with E-state index >= 15 is 0 Å². The molecule has 3 aromatic carbocycles. The minimum absolute atomic E-state index is 0.0377. The van der Waals surface area contributed by atoms with Crippen molar-refractivity contribution in [3.05, 3.63) is 95.0 Å². The maximum Gasteiger partial charge on any atom is 0.255 e. The highest BCUT2D eigenvalue weighted by Gasteiger charge is 2.29. The first-order valence-electron chi connectivity index (χ1n) is 12.6. The number of ether oxygens (including phenoxy) is 3. The molecule has 1 aliphatic heterocycles. The third-order valence-electron chi connectivity index (χ3n) is 6.60. The van der Waals surface area contributed by atoms with E-state index in [1.807, 2.05) is 73.8 Å². The first-order valence-corrected chi connectivity index (χ1v) is 13.0. The number of aryl methyl sites for hydroxylation is 1. The van der Waals surface area contributed by atoms with E-state index in [-0.39, 0.29) is 18.6 Å². The van der Waals surface area contributed by atoms with Gasteiger partial charge in [0, 0.05) is 25.8 Å². The Hall–Kier alpha value is -3.81. The Kier molecular flexibility index (Phi) is 7.96. The van der Waals surface area contributed by atoms with Crippen LogP contribution >= 0.6 is 11.6 Å². The number of carbonyl (C=O) groups is 1. The lowest BCUT2D eigenvalue weighted by molar-refractivity contribution is 0.0506. The van der Waals surface area contributed by atoms with Gasteiger partial charge in [0.05, 0.1) is 35.9 Å². The van der Waals surface area contributed by atoms with Crippen molar-refractivity contribution >= 4 is 17.5 Å². The predicted octanol–water partition coefficient (Wildman–Crippen LogP) is 6.36. The van der Waals surface area contributed by atoms with E-state index in [2.05, 4.69) is 0 Å². The molecule has 196 valence electrons. The molecule has 0 aliphatic carbocycles. The Morgan fingerprint density at radius 3 is 2.45 bits per heavy atom. The molecule has 0 saturated carbocycles. The molecule has 1 atom stereocenters. The van der Waals surface area contributed by atoms with Crippen molar-refractivity contribution in [1.82, 2.24) is 14.7 Å². The summed E-state index contributed by atoms with van der Waals surface area (Å²) < 4.78 is 19.3. The minimum atomic E-state index is -0.163. The zero-order valence-electron chi connectivity index (χ0n) is 21.5. The molecule has 5 rings (SSSR count). The monoisotopic (exact) mass is 531 g/mol. The molecule has 1 saturated heterocycles. The molecule has 2 heterocycles. The first-order chi connectivity index (χ1) is 18.5. The smallest absolute Gasteiger partial charge is 0.255 e. The highest BCUT2D eigenvalue weighted by molar-refractivity contribution is 6.33. The van der Waals surface area contributed by atoms with Gasteiger partial charge in [0.1, 0.15) is 17.2 Å². The Balaban J connectivity index is 1.56. The molecular weight excluding hydrogens is 502 g/mol. The maximum atomic E-state index is 13.9. The second-order valence-electron chi connectivity index (χ2n) is 9.20. The van der Waals surface area contributed by atoms with Gasteiger partial charge in [0.25, 0.3) is 5.91 Å². The Bertz CT molecular complexity index is 1380. The molecular formula is C30H30ClN3O4. The SMILES string of the molecule is COc1ccc(Oc2c(CN(CC3CCCO3)C(=O)c3ccccc3Cl)c(-c3ccccc3)nn2C)cc1. The van der Waals surface area contributed by atoms with Gasteiger partial charge in [-0.25, -0.2) is 4.68 Å². The molecule has 0 radical (unpaired) electrons. The summed E-state index contributed by atoms with van der Waals surface area (Å²) in [4.78, 5) is 15.6. The summed E-state index contributed by atoms with van der Waals surface area (Å²) in [5, 5.41) is 5.23. The van der Waals surface area contributed by atoms with E-state index in [4.69, 9.17) is 30.9 Å². The molecule has 0 N–H and O–H groups in total. The van der Waals surface area contributed by atoms with Crippen molar-refractivity contribution in [2.45, 2.75) is 25.5 Å². The van der Waals surface area contributed by atoms with E-state index in [1.165, 1.54) is 0 Å². The fourth-order valence-corrected chi connectivity index (χ4v) is 4.87. The molecule has 1 fully saturated rings. The summed E-state index contributed by atoms with van der Waals surface area (Å²) >= 11 is 6.45. The van der Waals surface area contributed by atoms with Crippen LogP contribution in [0.5, 0.6) is 17.4 Å². The van der Waals surface area contributed by atoms with Gasteiger partial charge in [-0.1, -0.05) is 54.1 Å². The van der Waals surface area contributed by atoms with Crippen LogP contribution in [0.1, 0.15) is 28.8 Å². The van der Waals surface area contributed by atoms with Crippen molar-refractivity contribution in [3.63, 3.8) is 0 Å². The number of halogens is 1. The average Bonchev–Trinajstić information content (AvgIpc) is 3.57. The van der Waals surface area contributed by atoms with Gasteiger partial charge in [-0.05, 0) is 49.2 Å². The molecule has 0 bridgehead atoms. The highest BCUT2D eigenvalue weighted by atomic mass is 35.5. The van der Waals surface area contributed by atoms with Crippen LogP contribution in [-0.4, -0.2) is 47.0 Å². The number of benzene rings is 3. The number of carbonyl (C=O) groups excluding carboxylic acids is 1. The zero-order chi connectivity index (χ0) is 26.5. The van der Waals surface area contributed by atoms with Crippen molar-refractivity contribution in [1.29, 1.82) is 0 Å². The summed E-state index contributed by atoms with van der Waals surface area (Å²) in [5.41, 5.74) is 2.94. The minimum Gasteiger partial charge on any atom is -0.497 e. The van der Waals surface area contributed by atoms with Crippen LogP contribution in [0.3, 0.4) is 0 Å². The van der Waals surface area contributed by atoms with Crippen LogP contribution in [0.4, 0.5) is 0 Å². The lowest BCUT2D eigenvalue weighted by atomic mass is 10.1. The van der Waals surface area contributed by atoms with Crippen molar-refractivity contribution in [3.8, 4) is 28.6 Å². The molecule has 0 spiro atoms. The highest BCUT2D eigenvalue weighted by Crippen LogP contribution is 2.35. The number of nitrogens with zero attached hydrogens (tertiary/aromatic N) is 3. The first kappa shape index (κ1) is 25.8. The summed E-state index contributed by atoms with van der Waals surface area (Å²) in [6.07, 6.45) is 1.84. The molecule has 1 unspecified atom stereocenters. The number of methoxy groups -OCH3 is 1. The predicted molar refractivity (Wildman–Crippen MR) is 147 cm³/mol. The van der Waals surface area contributed by atoms with Crippen LogP contribution in [0.2, 0.25) is 5.02 Å². The normalized spacial score (nSPS) is 14.9. The summed E-state index contributed by atoms with van der Waals surface area (Å²) in [6.45, 7) is 1.41. The molecule has 1 aromatic heterocycles. The van der Waals surface area contributed by atoms with Crippen LogP contribution in [0.25, 0.3) is 11.3 Å². The Labute approximate surface area is 227 Å². The van der Waals surface area contributed by atoms with E-state index in [1.54, 1.807) is 28.8 Å². The van der Waals surface area contributed by atoms with E-state index in [0.717, 1.165) is 35.4 Å². The third kappa shape index (κ3) is 5.69. The van der Waals surface area contributed by atoms with Gasteiger partial charge in [-0.3, -0.25) is 4.79 Å². The van der Waals surface area contributed by atoms with Gasteiger partial charge < -0.3 is 19.1 Å². The Morgan fingerprint density at radius 2 is 1.76 bits per heavy atom. The Morgan fingerprint density at radius 1 is 1.05 bits per heavy atom. The van der Waals surface area contributed by atoms with Gasteiger partial charge in [0.2, 0.25) is 5.88 Å². The third-order valence-corrected chi connectivity index (χ3v) is 6.93. The summed E-state index contributed by atoms with van der Waals surface area (Å²) in [7, 11) is 3.47. The summed E-state index contributed by atoms with van der Waals surface area (Å²) in [5.74, 6) is 1.76. The van der Waals surface area contributed by atoms with Crippen molar-refractivity contribution in [2.75, 3.05) is 20.3 Å².